The highest BCUT2D eigenvalue weighted by molar-refractivity contribution is 6.35. The summed E-state index contributed by atoms with van der Waals surface area (Å²) in [6, 6.07) is 20.3. The average Bonchev–Trinajstić information content (AvgIpc) is 2.68. The topological polar surface area (TPSA) is 42.0 Å². The zero-order chi connectivity index (χ0) is 19.7. The van der Waals surface area contributed by atoms with E-state index in [0.717, 1.165) is 27.8 Å². The number of ketones is 1. The minimum Gasteiger partial charge on any atom is -0.355 e. The lowest BCUT2D eigenvalue weighted by molar-refractivity contribution is 0.103. The Kier molecular flexibility index (Phi) is 5.03. The monoisotopic (exact) mass is 406 g/mol. The fourth-order valence-electron chi connectivity index (χ4n) is 3.14. The normalized spacial score (nSPS) is 10.8. The van der Waals surface area contributed by atoms with Crippen molar-refractivity contribution in [1.29, 1.82) is 0 Å². The van der Waals surface area contributed by atoms with Crippen LogP contribution in [0.4, 0.5) is 11.4 Å². The van der Waals surface area contributed by atoms with Gasteiger partial charge in [-0.2, -0.15) is 0 Å². The molecule has 0 saturated carbocycles. The smallest absolute Gasteiger partial charge is 0.194 e. The molecule has 1 aromatic heterocycles. The first-order valence-electron chi connectivity index (χ1n) is 8.74. The number of fused-ring (bicyclic) bond motifs is 1. The number of rotatable bonds is 4. The van der Waals surface area contributed by atoms with E-state index in [1.54, 1.807) is 18.3 Å². The molecule has 4 rings (SSSR count). The molecule has 1 N–H and O–H groups in total. The van der Waals surface area contributed by atoms with Crippen molar-refractivity contribution < 1.29 is 4.79 Å². The van der Waals surface area contributed by atoms with Crippen molar-refractivity contribution >= 4 is 51.3 Å². The highest BCUT2D eigenvalue weighted by Crippen LogP contribution is 2.30. The number of nitrogens with zero attached hydrogens (tertiary/aromatic N) is 1. The summed E-state index contributed by atoms with van der Waals surface area (Å²) in [5.41, 5.74) is 4.53. The van der Waals surface area contributed by atoms with Crippen LogP contribution >= 0.6 is 23.2 Å². The van der Waals surface area contributed by atoms with E-state index in [2.05, 4.69) is 10.3 Å². The van der Waals surface area contributed by atoms with Crippen molar-refractivity contribution in [3.05, 3.63) is 99.7 Å². The van der Waals surface area contributed by atoms with Crippen LogP contribution in [-0.4, -0.2) is 10.8 Å². The van der Waals surface area contributed by atoms with E-state index in [1.807, 2.05) is 61.5 Å². The number of hydrogen-bond acceptors (Lipinski definition) is 3. The van der Waals surface area contributed by atoms with Crippen LogP contribution in [0, 0.1) is 6.92 Å². The van der Waals surface area contributed by atoms with E-state index in [-0.39, 0.29) is 5.78 Å². The first kappa shape index (κ1) is 18.5. The van der Waals surface area contributed by atoms with E-state index >= 15 is 0 Å². The number of aryl methyl sites for hydroxylation is 1. The van der Waals surface area contributed by atoms with Gasteiger partial charge in [-0.1, -0.05) is 47.5 Å². The number of carbonyl (C=O) groups excluding carboxylic acids is 1. The summed E-state index contributed by atoms with van der Waals surface area (Å²) in [6.45, 7) is 1.91. The maximum atomic E-state index is 12.8. The number of carbonyl (C=O) groups is 1. The molecule has 1 heterocycles. The van der Waals surface area contributed by atoms with E-state index in [0.29, 0.717) is 21.2 Å². The fourth-order valence-corrected chi connectivity index (χ4v) is 3.57. The first-order chi connectivity index (χ1) is 13.5. The Morgan fingerprint density at radius 2 is 1.75 bits per heavy atom. The van der Waals surface area contributed by atoms with Crippen LogP contribution in [-0.2, 0) is 0 Å². The van der Waals surface area contributed by atoms with Gasteiger partial charge in [-0.05, 0) is 55.0 Å². The number of nitrogens with one attached hydrogen (secondary N) is 1. The molecule has 0 aliphatic heterocycles. The summed E-state index contributed by atoms with van der Waals surface area (Å²) in [6.07, 6.45) is 1.72. The van der Waals surface area contributed by atoms with Crippen molar-refractivity contribution in [3.8, 4) is 0 Å². The molecular weight excluding hydrogens is 391 g/mol. The van der Waals surface area contributed by atoms with Crippen LogP contribution in [0.15, 0.2) is 72.9 Å². The molecule has 0 spiro atoms. The highest BCUT2D eigenvalue weighted by Gasteiger charge is 2.15. The number of aromatic nitrogens is 1. The van der Waals surface area contributed by atoms with Gasteiger partial charge >= 0.3 is 0 Å². The predicted octanol–water partition coefficient (Wildman–Crippen LogP) is 6.82. The lowest BCUT2D eigenvalue weighted by atomic mass is 9.99. The summed E-state index contributed by atoms with van der Waals surface area (Å²) in [5.74, 6) is -0.0846. The van der Waals surface area contributed by atoms with E-state index in [4.69, 9.17) is 23.2 Å². The van der Waals surface area contributed by atoms with Crippen LogP contribution in [0.1, 0.15) is 21.5 Å². The molecule has 28 heavy (non-hydrogen) atoms. The maximum absolute atomic E-state index is 12.8. The third-order valence-corrected chi connectivity index (χ3v) is 5.13. The summed E-state index contributed by atoms with van der Waals surface area (Å²) >= 11 is 12.5. The van der Waals surface area contributed by atoms with Gasteiger partial charge in [0.05, 0.1) is 10.5 Å². The largest absolute Gasteiger partial charge is 0.355 e. The number of halogens is 2. The molecule has 0 bridgehead atoms. The summed E-state index contributed by atoms with van der Waals surface area (Å²) in [4.78, 5) is 17.2. The molecule has 0 aliphatic rings. The van der Waals surface area contributed by atoms with E-state index < -0.39 is 0 Å². The van der Waals surface area contributed by atoms with Crippen molar-refractivity contribution in [1.82, 2.24) is 4.98 Å². The first-order valence-corrected chi connectivity index (χ1v) is 9.50. The number of anilines is 2. The van der Waals surface area contributed by atoms with Gasteiger partial charge in [0.25, 0.3) is 0 Å². The van der Waals surface area contributed by atoms with Gasteiger partial charge in [0.15, 0.2) is 5.78 Å². The molecule has 0 amide bonds. The molecule has 4 aromatic rings. The summed E-state index contributed by atoms with van der Waals surface area (Å²) in [7, 11) is 0. The SMILES string of the molecule is Cc1ccccc1C(=O)c1ccc(Nc2ccnc3cc(Cl)ccc23)cc1Cl. The van der Waals surface area contributed by atoms with E-state index in [9.17, 15) is 4.79 Å². The Labute approximate surface area is 172 Å². The Morgan fingerprint density at radius 3 is 2.54 bits per heavy atom. The Balaban J connectivity index is 1.66. The summed E-state index contributed by atoms with van der Waals surface area (Å²) in [5, 5.41) is 5.33. The molecule has 0 atom stereocenters. The minimum atomic E-state index is -0.0846. The van der Waals surface area contributed by atoms with Gasteiger partial charge in [0, 0.05) is 39.1 Å². The average molecular weight is 407 g/mol. The maximum Gasteiger partial charge on any atom is 0.194 e. The molecule has 138 valence electrons. The Hall–Kier alpha value is -2.88. The van der Waals surface area contributed by atoms with Crippen molar-refractivity contribution in [2.24, 2.45) is 0 Å². The van der Waals surface area contributed by atoms with Crippen LogP contribution in [0.5, 0.6) is 0 Å². The molecule has 0 unspecified atom stereocenters. The standard InChI is InChI=1S/C23H16Cl2N2O/c1-14-4-2-3-5-17(14)23(28)18-9-7-16(13-20(18)25)27-21-10-11-26-22-12-15(24)6-8-19(21)22/h2-13H,1H3,(H,26,27). The molecular formula is C23H16Cl2N2O. The zero-order valence-electron chi connectivity index (χ0n) is 15.0. The van der Waals surface area contributed by atoms with Crippen molar-refractivity contribution in [2.45, 2.75) is 6.92 Å². The quantitative estimate of drug-likeness (QED) is 0.377. The lowest BCUT2D eigenvalue weighted by Crippen LogP contribution is -2.04. The van der Waals surface area contributed by atoms with Crippen LogP contribution in [0.2, 0.25) is 10.0 Å². The number of pyridine rings is 1. The third kappa shape index (κ3) is 3.59. The predicted molar refractivity (Wildman–Crippen MR) is 116 cm³/mol. The molecule has 5 heteroatoms. The number of hydrogen-bond donors (Lipinski definition) is 1. The van der Waals surface area contributed by atoms with Crippen molar-refractivity contribution in [2.75, 3.05) is 5.32 Å². The van der Waals surface area contributed by atoms with Gasteiger partial charge in [-0.3, -0.25) is 9.78 Å². The molecule has 0 aliphatic carbocycles. The number of benzene rings is 3. The molecule has 0 saturated heterocycles. The van der Waals surface area contributed by atoms with Crippen LogP contribution in [0.3, 0.4) is 0 Å². The molecule has 3 nitrogen and oxygen atoms in total. The molecule has 0 fully saturated rings. The highest BCUT2D eigenvalue weighted by atomic mass is 35.5. The van der Waals surface area contributed by atoms with Gasteiger partial charge in [-0.25, -0.2) is 0 Å². The molecule has 3 aromatic carbocycles. The fraction of sp³-hybridized carbons (Fsp3) is 0.0435. The van der Waals surface area contributed by atoms with Gasteiger partial charge in [-0.15, -0.1) is 0 Å². The minimum absolute atomic E-state index is 0.0846. The molecule has 0 radical (unpaired) electrons. The second-order valence-corrected chi connectivity index (χ2v) is 7.33. The zero-order valence-corrected chi connectivity index (χ0v) is 16.6. The van der Waals surface area contributed by atoms with E-state index in [1.165, 1.54) is 0 Å². The Bertz CT molecular complexity index is 1200. The summed E-state index contributed by atoms with van der Waals surface area (Å²) < 4.78 is 0. The third-order valence-electron chi connectivity index (χ3n) is 4.59. The lowest BCUT2D eigenvalue weighted by Gasteiger charge is -2.12. The second-order valence-electron chi connectivity index (χ2n) is 6.48. The van der Waals surface area contributed by atoms with Crippen LogP contribution < -0.4 is 5.32 Å². The van der Waals surface area contributed by atoms with Gasteiger partial charge in [0.2, 0.25) is 0 Å². The van der Waals surface area contributed by atoms with Gasteiger partial charge < -0.3 is 5.32 Å². The van der Waals surface area contributed by atoms with Crippen molar-refractivity contribution in [3.63, 3.8) is 0 Å². The van der Waals surface area contributed by atoms with Crippen LogP contribution in [0.25, 0.3) is 10.9 Å². The van der Waals surface area contributed by atoms with Gasteiger partial charge in [0.1, 0.15) is 0 Å². The Morgan fingerprint density at radius 1 is 0.929 bits per heavy atom. The second kappa shape index (κ2) is 7.63.